The van der Waals surface area contributed by atoms with Gasteiger partial charge in [-0.2, -0.15) is 5.10 Å². The molecule has 2 N–H and O–H groups in total. The maximum Gasteiger partial charge on any atom is 0.343 e. The molecule has 13 heteroatoms. The fourth-order valence-corrected chi connectivity index (χ4v) is 3.81. The number of amides is 2. The van der Waals surface area contributed by atoms with E-state index in [1.807, 2.05) is 0 Å². The average molecular weight is 596 g/mol. The Kier molecular flexibility index (Phi) is 11.6. The van der Waals surface area contributed by atoms with Crippen LogP contribution in [0, 0.1) is 0 Å². The molecule has 0 spiro atoms. The Labute approximate surface area is 248 Å². The first-order valence-corrected chi connectivity index (χ1v) is 12.8. The van der Waals surface area contributed by atoms with Gasteiger partial charge in [-0.05, 0) is 54.1 Å². The van der Waals surface area contributed by atoms with Crippen LogP contribution in [0.3, 0.4) is 0 Å². The van der Waals surface area contributed by atoms with Gasteiger partial charge in [0.15, 0.2) is 34.5 Å². The normalized spacial score (nSPS) is 10.5. The van der Waals surface area contributed by atoms with E-state index in [9.17, 15) is 14.4 Å². The van der Waals surface area contributed by atoms with Gasteiger partial charge < -0.3 is 38.5 Å². The van der Waals surface area contributed by atoms with Gasteiger partial charge in [-0.1, -0.05) is 0 Å². The number of nitrogens with zero attached hydrogens (tertiary/aromatic N) is 1. The number of ether oxygens (including phenoxy) is 7. The van der Waals surface area contributed by atoms with E-state index in [1.165, 1.54) is 67.1 Å². The second kappa shape index (κ2) is 15.5. The van der Waals surface area contributed by atoms with Gasteiger partial charge in [0, 0.05) is 18.5 Å². The van der Waals surface area contributed by atoms with Crippen molar-refractivity contribution >= 4 is 24.0 Å². The third-order valence-electron chi connectivity index (χ3n) is 5.98. The molecule has 0 saturated heterocycles. The van der Waals surface area contributed by atoms with Crippen molar-refractivity contribution in [2.24, 2.45) is 5.10 Å². The van der Waals surface area contributed by atoms with Crippen LogP contribution in [0.2, 0.25) is 0 Å². The van der Waals surface area contributed by atoms with Crippen molar-refractivity contribution in [2.45, 2.75) is 6.42 Å². The summed E-state index contributed by atoms with van der Waals surface area (Å²) in [5.41, 5.74) is 3.50. The summed E-state index contributed by atoms with van der Waals surface area (Å²) < 4.78 is 37.0. The van der Waals surface area contributed by atoms with E-state index >= 15 is 0 Å². The molecular weight excluding hydrogens is 562 g/mol. The number of rotatable bonds is 14. The van der Waals surface area contributed by atoms with Gasteiger partial charge in [0.2, 0.25) is 11.7 Å². The molecule has 0 aliphatic rings. The number of methoxy groups -OCH3 is 6. The fraction of sp³-hybridized carbons (Fsp3) is 0.267. The highest BCUT2D eigenvalue weighted by molar-refractivity contribution is 5.96. The van der Waals surface area contributed by atoms with Crippen LogP contribution in [0.15, 0.2) is 53.6 Å². The SMILES string of the molecule is COc1ccc(C(=O)Oc2ccc(/C=N/NC(=O)CCNC(=O)c3cc(OC)c(OC)c(OC)c3)cc2OC)cc1OC. The minimum atomic E-state index is -0.620. The van der Waals surface area contributed by atoms with Crippen molar-refractivity contribution in [3.8, 4) is 40.2 Å². The number of hydrogen-bond donors (Lipinski definition) is 2. The molecule has 3 aromatic rings. The Bertz CT molecular complexity index is 1460. The Morgan fingerprint density at radius 2 is 1.26 bits per heavy atom. The number of benzene rings is 3. The number of nitrogens with one attached hydrogen (secondary N) is 2. The minimum Gasteiger partial charge on any atom is -0.493 e. The van der Waals surface area contributed by atoms with Crippen LogP contribution < -0.4 is 43.9 Å². The standard InChI is InChI=1S/C30H33N3O10/c1-37-21-10-8-19(14-24(21)39-3)30(36)43-22-9-7-18(13-23(22)38-2)17-32-33-27(34)11-12-31-29(35)20-15-25(40-4)28(42-6)26(16-20)41-5/h7-10,13-17H,11-12H2,1-6H3,(H,31,35)(H,33,34)/b32-17+. The highest BCUT2D eigenvalue weighted by Crippen LogP contribution is 2.38. The maximum absolute atomic E-state index is 12.7. The topological polar surface area (TPSA) is 152 Å². The summed E-state index contributed by atoms with van der Waals surface area (Å²) in [6, 6.07) is 12.4. The quantitative estimate of drug-likeness (QED) is 0.123. The van der Waals surface area contributed by atoms with Crippen molar-refractivity contribution in [3.05, 3.63) is 65.2 Å². The summed E-state index contributed by atoms with van der Waals surface area (Å²) in [6.45, 7) is 0.0603. The second-order valence-electron chi connectivity index (χ2n) is 8.58. The van der Waals surface area contributed by atoms with Crippen molar-refractivity contribution in [2.75, 3.05) is 49.2 Å². The zero-order chi connectivity index (χ0) is 31.4. The van der Waals surface area contributed by atoms with E-state index in [2.05, 4.69) is 15.8 Å². The summed E-state index contributed by atoms with van der Waals surface area (Å²) in [5, 5.41) is 6.60. The summed E-state index contributed by atoms with van der Waals surface area (Å²) in [5.74, 6) is 0.895. The van der Waals surface area contributed by atoms with Crippen LogP contribution in [0.25, 0.3) is 0 Å². The molecule has 0 atom stereocenters. The van der Waals surface area contributed by atoms with E-state index in [1.54, 1.807) is 30.3 Å². The predicted molar refractivity (Wildman–Crippen MR) is 156 cm³/mol. The molecule has 0 fully saturated rings. The van der Waals surface area contributed by atoms with Crippen LogP contribution in [0.5, 0.6) is 40.2 Å². The maximum atomic E-state index is 12.7. The van der Waals surface area contributed by atoms with Gasteiger partial charge in [0.1, 0.15) is 0 Å². The van der Waals surface area contributed by atoms with Gasteiger partial charge in [-0.3, -0.25) is 9.59 Å². The lowest BCUT2D eigenvalue weighted by atomic mass is 10.1. The number of hydrogen-bond acceptors (Lipinski definition) is 11. The molecule has 3 rings (SSSR count). The summed E-state index contributed by atoms with van der Waals surface area (Å²) in [7, 11) is 8.76. The van der Waals surface area contributed by atoms with Gasteiger partial charge in [-0.15, -0.1) is 0 Å². The number of carbonyl (C=O) groups is 3. The lowest BCUT2D eigenvalue weighted by molar-refractivity contribution is -0.120. The van der Waals surface area contributed by atoms with E-state index in [-0.39, 0.29) is 35.6 Å². The third-order valence-corrected chi connectivity index (χ3v) is 5.98. The molecule has 0 bridgehead atoms. The van der Waals surface area contributed by atoms with Crippen LogP contribution in [0.4, 0.5) is 0 Å². The predicted octanol–water partition coefficient (Wildman–Crippen LogP) is 3.23. The zero-order valence-electron chi connectivity index (χ0n) is 24.6. The van der Waals surface area contributed by atoms with Gasteiger partial charge >= 0.3 is 5.97 Å². The molecule has 0 aliphatic heterocycles. The Balaban J connectivity index is 1.54. The number of carbonyl (C=O) groups excluding carboxylic acids is 3. The van der Waals surface area contributed by atoms with E-state index in [0.29, 0.717) is 34.3 Å². The Morgan fingerprint density at radius 3 is 1.86 bits per heavy atom. The van der Waals surface area contributed by atoms with E-state index in [4.69, 9.17) is 33.2 Å². The van der Waals surface area contributed by atoms with Crippen LogP contribution in [-0.2, 0) is 4.79 Å². The van der Waals surface area contributed by atoms with Crippen LogP contribution in [0.1, 0.15) is 32.7 Å². The largest absolute Gasteiger partial charge is 0.493 e. The Hall–Kier alpha value is -5.46. The molecule has 228 valence electrons. The highest BCUT2D eigenvalue weighted by atomic mass is 16.6. The van der Waals surface area contributed by atoms with Crippen molar-refractivity contribution < 1.29 is 47.5 Å². The second-order valence-corrected chi connectivity index (χ2v) is 8.58. The molecule has 2 amide bonds. The summed E-state index contributed by atoms with van der Waals surface area (Å²) >= 11 is 0. The van der Waals surface area contributed by atoms with Gasteiger partial charge in [0.05, 0.1) is 54.4 Å². The van der Waals surface area contributed by atoms with Crippen LogP contribution >= 0.6 is 0 Å². The molecule has 0 unspecified atom stereocenters. The molecule has 0 aromatic heterocycles. The van der Waals surface area contributed by atoms with E-state index < -0.39 is 17.8 Å². The smallest absolute Gasteiger partial charge is 0.343 e. The van der Waals surface area contributed by atoms with Crippen molar-refractivity contribution in [1.82, 2.24) is 10.7 Å². The minimum absolute atomic E-state index is 0.0259. The van der Waals surface area contributed by atoms with Gasteiger partial charge in [0.25, 0.3) is 5.91 Å². The molecular formula is C30H33N3O10. The number of esters is 1. The first-order chi connectivity index (χ1) is 20.8. The lowest BCUT2D eigenvalue weighted by Crippen LogP contribution is -2.29. The molecule has 0 radical (unpaired) electrons. The van der Waals surface area contributed by atoms with Gasteiger partial charge in [-0.25, -0.2) is 10.2 Å². The third kappa shape index (κ3) is 8.28. The highest BCUT2D eigenvalue weighted by Gasteiger charge is 2.18. The fourth-order valence-electron chi connectivity index (χ4n) is 3.81. The summed E-state index contributed by atoms with van der Waals surface area (Å²) in [6.07, 6.45) is 1.37. The van der Waals surface area contributed by atoms with E-state index in [0.717, 1.165) is 0 Å². The van der Waals surface area contributed by atoms with Crippen molar-refractivity contribution in [1.29, 1.82) is 0 Å². The zero-order valence-corrected chi connectivity index (χ0v) is 24.6. The average Bonchev–Trinajstić information content (AvgIpc) is 3.03. The Morgan fingerprint density at radius 1 is 0.674 bits per heavy atom. The number of hydrazone groups is 1. The summed E-state index contributed by atoms with van der Waals surface area (Å²) in [4.78, 5) is 37.5. The molecule has 13 nitrogen and oxygen atoms in total. The molecule has 0 aliphatic carbocycles. The molecule has 0 heterocycles. The molecule has 43 heavy (non-hydrogen) atoms. The van der Waals surface area contributed by atoms with Crippen LogP contribution in [-0.4, -0.2) is 73.2 Å². The first kappa shape index (κ1) is 32.1. The monoisotopic (exact) mass is 595 g/mol. The lowest BCUT2D eigenvalue weighted by Gasteiger charge is -2.14. The van der Waals surface area contributed by atoms with Crippen molar-refractivity contribution in [3.63, 3.8) is 0 Å². The molecule has 0 saturated carbocycles. The first-order valence-electron chi connectivity index (χ1n) is 12.8. The molecule has 3 aromatic carbocycles.